The molecule has 2 heteroatoms. The van der Waals surface area contributed by atoms with Crippen LogP contribution >= 0.6 is 0 Å². The van der Waals surface area contributed by atoms with E-state index in [4.69, 9.17) is 4.42 Å². The highest BCUT2D eigenvalue weighted by atomic mass is 16.3. The van der Waals surface area contributed by atoms with Crippen molar-refractivity contribution in [2.45, 2.75) is 5.41 Å². The maximum atomic E-state index is 6.55. The zero-order chi connectivity index (χ0) is 44.3. The first kappa shape index (κ1) is 38.7. The molecule has 13 rings (SSSR count). The van der Waals surface area contributed by atoms with Gasteiger partial charge in [0.1, 0.15) is 11.2 Å². The average molecular weight is 854 g/mol. The van der Waals surface area contributed by atoms with E-state index >= 15 is 0 Å². The molecule has 0 saturated carbocycles. The largest absolute Gasteiger partial charge is 0.455 e. The Morgan fingerprint density at radius 2 is 0.866 bits per heavy atom. The van der Waals surface area contributed by atoms with Crippen LogP contribution in [0.5, 0.6) is 0 Å². The SMILES string of the molecule is c1ccc(-c2ccc(-c3ccc4ccccc4c3)cc2N(c2ccc(-c3cccc4c3oc3ccccc34)cc2)c2ccc3c(c2)C(c2ccccc2)(c2ccccc2)c2ccccc2-3)cc1. The Morgan fingerprint density at radius 3 is 1.66 bits per heavy atom. The Labute approximate surface area is 390 Å². The van der Waals surface area contributed by atoms with Crippen molar-refractivity contribution in [1.82, 2.24) is 0 Å². The fourth-order valence-electron chi connectivity index (χ4n) is 10.9. The van der Waals surface area contributed by atoms with E-state index in [2.05, 4.69) is 260 Å². The van der Waals surface area contributed by atoms with Gasteiger partial charge in [0.15, 0.2) is 0 Å². The lowest BCUT2D eigenvalue weighted by Crippen LogP contribution is -2.28. The molecule has 314 valence electrons. The first-order chi connectivity index (χ1) is 33.2. The van der Waals surface area contributed by atoms with Crippen molar-refractivity contribution in [3.63, 3.8) is 0 Å². The van der Waals surface area contributed by atoms with Gasteiger partial charge in [0.05, 0.1) is 11.1 Å². The zero-order valence-electron chi connectivity index (χ0n) is 36.7. The monoisotopic (exact) mass is 853 g/mol. The molecule has 11 aromatic carbocycles. The molecule has 67 heavy (non-hydrogen) atoms. The average Bonchev–Trinajstić information content (AvgIpc) is 3.93. The summed E-state index contributed by atoms with van der Waals surface area (Å²) in [5.74, 6) is 0. The van der Waals surface area contributed by atoms with Gasteiger partial charge in [-0.25, -0.2) is 0 Å². The normalized spacial score (nSPS) is 12.6. The van der Waals surface area contributed by atoms with Gasteiger partial charge in [-0.3, -0.25) is 0 Å². The highest BCUT2D eigenvalue weighted by molar-refractivity contribution is 6.09. The predicted molar refractivity (Wildman–Crippen MR) is 280 cm³/mol. The van der Waals surface area contributed by atoms with Gasteiger partial charge >= 0.3 is 0 Å². The maximum Gasteiger partial charge on any atom is 0.143 e. The lowest BCUT2D eigenvalue weighted by Gasteiger charge is -2.35. The minimum Gasteiger partial charge on any atom is -0.455 e. The highest BCUT2D eigenvalue weighted by Crippen LogP contribution is 2.57. The third-order valence-corrected chi connectivity index (χ3v) is 13.9. The Bertz CT molecular complexity index is 3760. The van der Waals surface area contributed by atoms with Gasteiger partial charge in [-0.2, -0.15) is 0 Å². The second-order valence-electron chi connectivity index (χ2n) is 17.6. The molecule has 0 bridgehead atoms. The Hall–Kier alpha value is -8.72. The topological polar surface area (TPSA) is 16.4 Å². The molecular weight excluding hydrogens is 811 g/mol. The van der Waals surface area contributed by atoms with Gasteiger partial charge in [0.25, 0.3) is 0 Å². The van der Waals surface area contributed by atoms with Crippen LogP contribution in [-0.2, 0) is 5.41 Å². The van der Waals surface area contributed by atoms with Gasteiger partial charge < -0.3 is 9.32 Å². The lowest BCUT2D eigenvalue weighted by molar-refractivity contribution is 0.670. The number of nitrogens with zero attached hydrogens (tertiary/aromatic N) is 1. The summed E-state index contributed by atoms with van der Waals surface area (Å²) < 4.78 is 6.55. The zero-order valence-corrected chi connectivity index (χ0v) is 36.7. The van der Waals surface area contributed by atoms with E-state index in [0.29, 0.717) is 0 Å². The third kappa shape index (κ3) is 6.26. The minimum absolute atomic E-state index is 0.555. The van der Waals surface area contributed by atoms with Gasteiger partial charge in [-0.15, -0.1) is 0 Å². The molecular formula is C65H43NO. The number of hydrogen-bond acceptors (Lipinski definition) is 2. The van der Waals surface area contributed by atoms with Crippen LogP contribution < -0.4 is 4.90 Å². The summed E-state index contributed by atoms with van der Waals surface area (Å²) in [5.41, 5.74) is 18.8. The lowest BCUT2D eigenvalue weighted by atomic mass is 9.67. The van der Waals surface area contributed by atoms with Crippen molar-refractivity contribution in [2.75, 3.05) is 4.90 Å². The van der Waals surface area contributed by atoms with Gasteiger partial charge in [0, 0.05) is 33.3 Å². The molecule has 12 aromatic rings. The molecule has 1 heterocycles. The predicted octanol–water partition coefficient (Wildman–Crippen LogP) is 17.6. The standard InChI is InChI=1S/C65H43NO/c1-4-18-45(19-5-1)54-39-35-49(48-32-31-44-17-10-11-20-47(44)41-48)42-62(54)66(52-36-33-46(34-37-52)55-27-16-28-59-58-26-13-15-30-63(58)67-64(55)59)53-38-40-57-56-25-12-14-29-60(56)65(61(57)43-53,50-21-6-2-7-22-50)51-23-8-3-9-24-51/h1-43H. The molecule has 0 N–H and O–H groups in total. The van der Waals surface area contributed by atoms with Crippen LogP contribution in [0.3, 0.4) is 0 Å². The van der Waals surface area contributed by atoms with Crippen molar-refractivity contribution in [3.05, 3.63) is 283 Å². The number of para-hydroxylation sites is 2. The van der Waals surface area contributed by atoms with E-state index in [1.165, 1.54) is 49.7 Å². The van der Waals surface area contributed by atoms with E-state index < -0.39 is 5.41 Å². The van der Waals surface area contributed by atoms with E-state index in [1.807, 2.05) is 6.07 Å². The number of anilines is 3. The summed E-state index contributed by atoms with van der Waals surface area (Å²) in [4.78, 5) is 2.47. The maximum absolute atomic E-state index is 6.55. The van der Waals surface area contributed by atoms with Crippen LogP contribution in [0.15, 0.2) is 265 Å². The van der Waals surface area contributed by atoms with Crippen LogP contribution in [0.4, 0.5) is 17.1 Å². The molecule has 0 spiro atoms. The van der Waals surface area contributed by atoms with Crippen molar-refractivity contribution in [3.8, 4) is 44.5 Å². The molecule has 0 fully saturated rings. The molecule has 1 aliphatic carbocycles. The molecule has 1 aromatic heterocycles. The van der Waals surface area contributed by atoms with Gasteiger partial charge in [0.2, 0.25) is 0 Å². The summed E-state index contributed by atoms with van der Waals surface area (Å²) >= 11 is 0. The van der Waals surface area contributed by atoms with Gasteiger partial charge in [-0.05, 0) is 109 Å². The van der Waals surface area contributed by atoms with Crippen LogP contribution in [0.1, 0.15) is 22.3 Å². The number of hydrogen-bond donors (Lipinski definition) is 0. The van der Waals surface area contributed by atoms with E-state index in [9.17, 15) is 0 Å². The van der Waals surface area contributed by atoms with Crippen LogP contribution in [0.2, 0.25) is 0 Å². The number of rotatable bonds is 8. The van der Waals surface area contributed by atoms with Crippen LogP contribution in [0.25, 0.3) is 77.2 Å². The molecule has 0 amide bonds. The summed E-state index contributed by atoms with van der Waals surface area (Å²) in [6.07, 6.45) is 0. The Morgan fingerprint density at radius 1 is 0.313 bits per heavy atom. The molecule has 0 saturated heterocycles. The Balaban J connectivity index is 1.07. The molecule has 2 nitrogen and oxygen atoms in total. The van der Waals surface area contributed by atoms with Gasteiger partial charge in [-0.1, -0.05) is 218 Å². The molecule has 0 radical (unpaired) electrons. The quantitative estimate of drug-likeness (QED) is 0.151. The van der Waals surface area contributed by atoms with Crippen LogP contribution in [0, 0.1) is 0 Å². The first-order valence-corrected chi connectivity index (χ1v) is 23.1. The number of fused-ring (bicyclic) bond motifs is 7. The van der Waals surface area contributed by atoms with Crippen molar-refractivity contribution < 1.29 is 4.42 Å². The second-order valence-corrected chi connectivity index (χ2v) is 17.6. The summed E-state index contributed by atoms with van der Waals surface area (Å²) in [5, 5.41) is 4.70. The molecule has 0 unspecified atom stereocenters. The number of benzene rings is 11. The van der Waals surface area contributed by atoms with Crippen molar-refractivity contribution >= 4 is 49.8 Å². The van der Waals surface area contributed by atoms with Crippen molar-refractivity contribution in [1.29, 1.82) is 0 Å². The van der Waals surface area contributed by atoms with E-state index in [1.54, 1.807) is 0 Å². The smallest absolute Gasteiger partial charge is 0.143 e. The Kier molecular flexibility index (Phi) is 9.11. The fraction of sp³-hybridized carbons (Fsp3) is 0.0154. The summed E-state index contributed by atoms with van der Waals surface area (Å²) in [7, 11) is 0. The molecule has 1 aliphatic rings. The third-order valence-electron chi connectivity index (χ3n) is 13.9. The molecule has 0 aliphatic heterocycles. The van der Waals surface area contributed by atoms with Crippen LogP contribution in [-0.4, -0.2) is 0 Å². The fourth-order valence-corrected chi connectivity index (χ4v) is 10.9. The van der Waals surface area contributed by atoms with E-state index in [-0.39, 0.29) is 0 Å². The summed E-state index contributed by atoms with van der Waals surface area (Å²) in [6, 6.07) is 95.3. The number of furan rings is 1. The first-order valence-electron chi connectivity index (χ1n) is 23.1. The summed E-state index contributed by atoms with van der Waals surface area (Å²) in [6.45, 7) is 0. The van der Waals surface area contributed by atoms with E-state index in [0.717, 1.165) is 66.8 Å². The highest BCUT2D eigenvalue weighted by Gasteiger charge is 2.46. The minimum atomic E-state index is -0.555. The van der Waals surface area contributed by atoms with Crippen molar-refractivity contribution in [2.24, 2.45) is 0 Å². The second kappa shape index (κ2) is 15.8. The molecule has 0 atom stereocenters.